The summed E-state index contributed by atoms with van der Waals surface area (Å²) in [6, 6.07) is 5.47. The van der Waals surface area contributed by atoms with E-state index >= 15 is 0 Å². The molecule has 0 atom stereocenters. The van der Waals surface area contributed by atoms with Gasteiger partial charge in [-0.1, -0.05) is 25.1 Å². The first-order chi connectivity index (χ1) is 6.74. The van der Waals surface area contributed by atoms with Gasteiger partial charge in [0.15, 0.2) is 11.6 Å². The highest BCUT2D eigenvalue weighted by molar-refractivity contribution is 6.18. The van der Waals surface area contributed by atoms with Crippen molar-refractivity contribution >= 4 is 11.6 Å². The van der Waals surface area contributed by atoms with Gasteiger partial charge >= 0.3 is 0 Å². The van der Waals surface area contributed by atoms with Crippen LogP contribution >= 0.6 is 0 Å². The Morgan fingerprint density at radius 2 is 2.07 bits per heavy atom. The summed E-state index contributed by atoms with van der Waals surface area (Å²) >= 11 is 0. The average molecular weight is 187 g/mol. The van der Waals surface area contributed by atoms with Crippen LogP contribution in [0, 0.1) is 6.42 Å². The second-order valence-corrected chi connectivity index (χ2v) is 3.39. The number of ketones is 2. The number of carbonyl (C=O) groups excluding carboxylic acids is 2. The summed E-state index contributed by atoms with van der Waals surface area (Å²) in [4.78, 5) is 23.1. The molecule has 1 aliphatic rings. The van der Waals surface area contributed by atoms with E-state index in [1.807, 2.05) is 19.1 Å². The van der Waals surface area contributed by atoms with Crippen LogP contribution in [-0.2, 0) is 6.42 Å². The molecular weight excluding hydrogens is 176 g/mol. The number of fused-ring (bicyclic) bond motifs is 1. The highest BCUT2D eigenvalue weighted by Crippen LogP contribution is 2.24. The van der Waals surface area contributed by atoms with Crippen molar-refractivity contribution in [3.8, 4) is 0 Å². The molecule has 0 amide bonds. The molecule has 0 aliphatic heterocycles. The molecule has 14 heavy (non-hydrogen) atoms. The summed E-state index contributed by atoms with van der Waals surface area (Å²) in [6.45, 7) is 1.99. The number of hydrogen-bond donors (Lipinski definition) is 0. The molecule has 0 unspecified atom stereocenters. The van der Waals surface area contributed by atoms with E-state index in [1.165, 1.54) is 6.42 Å². The smallest absolute Gasteiger partial charge is 0.167 e. The van der Waals surface area contributed by atoms with E-state index in [4.69, 9.17) is 0 Å². The van der Waals surface area contributed by atoms with E-state index in [9.17, 15) is 9.59 Å². The normalized spacial score (nSPS) is 15.5. The van der Waals surface area contributed by atoms with Crippen LogP contribution in [0.2, 0.25) is 0 Å². The number of aryl methyl sites for hydroxylation is 1. The molecule has 1 aromatic carbocycles. The maximum Gasteiger partial charge on any atom is 0.167 e. The van der Waals surface area contributed by atoms with Crippen molar-refractivity contribution in [1.82, 2.24) is 0 Å². The van der Waals surface area contributed by atoms with Gasteiger partial charge in [-0.05, 0) is 12.0 Å². The summed E-state index contributed by atoms with van der Waals surface area (Å²) in [7, 11) is 0. The fourth-order valence-electron chi connectivity index (χ4n) is 1.83. The zero-order chi connectivity index (χ0) is 10.1. The Morgan fingerprint density at radius 1 is 1.29 bits per heavy atom. The lowest BCUT2D eigenvalue weighted by Crippen LogP contribution is -2.19. The summed E-state index contributed by atoms with van der Waals surface area (Å²) in [5.41, 5.74) is 2.19. The molecule has 0 saturated carbocycles. The van der Waals surface area contributed by atoms with Crippen molar-refractivity contribution in [3.63, 3.8) is 0 Å². The number of carbonyl (C=O) groups is 2. The highest BCUT2D eigenvalue weighted by atomic mass is 16.1. The Morgan fingerprint density at radius 3 is 2.79 bits per heavy atom. The van der Waals surface area contributed by atoms with E-state index in [1.54, 1.807) is 6.07 Å². The van der Waals surface area contributed by atoms with Crippen molar-refractivity contribution in [2.45, 2.75) is 19.8 Å². The minimum Gasteiger partial charge on any atom is -0.294 e. The lowest BCUT2D eigenvalue weighted by molar-refractivity contribution is 0.0930. The van der Waals surface area contributed by atoms with Gasteiger partial charge in [0.1, 0.15) is 0 Å². The Balaban J connectivity index is 2.66. The van der Waals surface area contributed by atoms with E-state index < -0.39 is 0 Å². The third-order valence-corrected chi connectivity index (χ3v) is 2.55. The Bertz CT molecular complexity index is 405. The maximum atomic E-state index is 11.6. The Labute approximate surface area is 82.9 Å². The molecule has 1 aromatic rings. The maximum absolute atomic E-state index is 11.6. The predicted molar refractivity (Wildman–Crippen MR) is 53.4 cm³/mol. The standard InChI is InChI=1S/C12H11O2/c1-2-8-4-3-5-9-10(13)6-7-11(14)12(8)9/h3-6H,2,7H2,1H3. The topological polar surface area (TPSA) is 34.1 Å². The van der Waals surface area contributed by atoms with Gasteiger partial charge in [0.25, 0.3) is 0 Å². The molecule has 1 radical (unpaired) electrons. The molecule has 2 nitrogen and oxygen atoms in total. The molecule has 2 heteroatoms. The molecule has 0 aromatic heterocycles. The van der Waals surface area contributed by atoms with Crippen LogP contribution in [0.25, 0.3) is 0 Å². The lowest BCUT2D eigenvalue weighted by atomic mass is 9.86. The van der Waals surface area contributed by atoms with Crippen LogP contribution in [0.15, 0.2) is 18.2 Å². The van der Waals surface area contributed by atoms with Gasteiger partial charge in [-0.15, -0.1) is 0 Å². The van der Waals surface area contributed by atoms with Gasteiger partial charge in [0.05, 0.1) is 0 Å². The van der Waals surface area contributed by atoms with Gasteiger partial charge in [0, 0.05) is 24.0 Å². The monoisotopic (exact) mass is 187 g/mol. The molecule has 0 fully saturated rings. The minimum absolute atomic E-state index is 0.0186. The van der Waals surface area contributed by atoms with Crippen LogP contribution in [0.4, 0.5) is 0 Å². The summed E-state index contributed by atoms with van der Waals surface area (Å²) < 4.78 is 0. The van der Waals surface area contributed by atoms with Crippen molar-refractivity contribution in [2.75, 3.05) is 0 Å². The molecule has 0 spiro atoms. The first kappa shape index (κ1) is 9.13. The molecule has 1 aliphatic carbocycles. The zero-order valence-corrected chi connectivity index (χ0v) is 8.04. The Hall–Kier alpha value is -1.44. The van der Waals surface area contributed by atoms with Crippen molar-refractivity contribution < 1.29 is 9.59 Å². The van der Waals surface area contributed by atoms with Crippen molar-refractivity contribution in [1.29, 1.82) is 0 Å². The van der Waals surface area contributed by atoms with Gasteiger partial charge in [0.2, 0.25) is 0 Å². The SMILES string of the molecule is CCc1cccc2c1C(=O)C[CH]C2=O. The van der Waals surface area contributed by atoms with Crippen LogP contribution in [-0.4, -0.2) is 11.6 Å². The molecule has 0 heterocycles. The van der Waals surface area contributed by atoms with Gasteiger partial charge in [-0.3, -0.25) is 9.59 Å². The minimum atomic E-state index is -0.0186. The third kappa shape index (κ3) is 1.27. The molecular formula is C12H11O2. The van der Waals surface area contributed by atoms with Crippen molar-refractivity contribution in [2.24, 2.45) is 0 Å². The van der Waals surface area contributed by atoms with Gasteiger partial charge < -0.3 is 0 Å². The van der Waals surface area contributed by atoms with Crippen LogP contribution in [0.5, 0.6) is 0 Å². The number of hydrogen-bond acceptors (Lipinski definition) is 2. The molecule has 0 bridgehead atoms. The lowest BCUT2D eigenvalue weighted by Gasteiger charge is -2.16. The van der Waals surface area contributed by atoms with Crippen LogP contribution < -0.4 is 0 Å². The van der Waals surface area contributed by atoms with E-state index in [0.29, 0.717) is 11.1 Å². The number of rotatable bonds is 1. The summed E-state index contributed by atoms with van der Waals surface area (Å²) in [5.74, 6) is 0.0481. The van der Waals surface area contributed by atoms with Crippen molar-refractivity contribution in [3.05, 3.63) is 41.3 Å². The zero-order valence-electron chi connectivity index (χ0n) is 8.04. The van der Waals surface area contributed by atoms with Gasteiger partial charge in [-0.2, -0.15) is 0 Å². The van der Waals surface area contributed by atoms with E-state index in [0.717, 1.165) is 12.0 Å². The molecule has 71 valence electrons. The van der Waals surface area contributed by atoms with E-state index in [2.05, 4.69) is 0 Å². The molecule has 2 rings (SSSR count). The molecule has 0 saturated heterocycles. The third-order valence-electron chi connectivity index (χ3n) is 2.55. The van der Waals surface area contributed by atoms with E-state index in [-0.39, 0.29) is 18.0 Å². The predicted octanol–water partition coefficient (Wildman–Crippen LogP) is 2.22. The second kappa shape index (κ2) is 3.37. The molecule has 0 N–H and O–H groups in total. The van der Waals surface area contributed by atoms with Crippen LogP contribution in [0.1, 0.15) is 39.6 Å². The largest absolute Gasteiger partial charge is 0.294 e. The fourth-order valence-corrected chi connectivity index (χ4v) is 1.83. The summed E-state index contributed by atoms with van der Waals surface area (Å²) in [5, 5.41) is 0. The van der Waals surface area contributed by atoms with Crippen LogP contribution in [0.3, 0.4) is 0 Å². The average Bonchev–Trinajstić information content (AvgIpc) is 2.23. The second-order valence-electron chi connectivity index (χ2n) is 3.39. The quantitative estimate of drug-likeness (QED) is 0.675. The van der Waals surface area contributed by atoms with Gasteiger partial charge in [-0.25, -0.2) is 0 Å². The summed E-state index contributed by atoms with van der Waals surface area (Å²) in [6.07, 6.45) is 2.51. The first-order valence-electron chi connectivity index (χ1n) is 4.76. The first-order valence-corrected chi connectivity index (χ1v) is 4.76. The Kier molecular flexibility index (Phi) is 2.20. The number of Topliss-reactive ketones (excluding diaryl/α,β-unsaturated/α-hetero) is 2. The highest BCUT2D eigenvalue weighted by Gasteiger charge is 2.25. The fraction of sp³-hybridized carbons (Fsp3) is 0.250. The number of benzene rings is 1.